The molecule has 0 aliphatic heterocycles. The monoisotopic (exact) mass is 206 g/mol. The van der Waals surface area contributed by atoms with Gasteiger partial charge in [-0.25, -0.2) is 0 Å². The molecule has 0 spiro atoms. The minimum Gasteiger partial charge on any atom is -0.300 e. The van der Waals surface area contributed by atoms with E-state index in [0.29, 0.717) is 11.7 Å². The Morgan fingerprint density at radius 3 is 2.67 bits per heavy atom. The third kappa shape index (κ3) is 3.65. The zero-order chi connectivity index (χ0) is 11.4. The van der Waals surface area contributed by atoms with Crippen molar-refractivity contribution in [3.05, 3.63) is 23.8 Å². The number of carbonyl (C=O) groups is 1. The maximum Gasteiger partial charge on any atom is 0.132 e. The van der Waals surface area contributed by atoms with Crippen LogP contribution in [0.25, 0.3) is 0 Å². The van der Waals surface area contributed by atoms with Crippen molar-refractivity contribution in [3.8, 4) is 0 Å². The van der Waals surface area contributed by atoms with Crippen molar-refractivity contribution in [1.29, 1.82) is 0 Å². The van der Waals surface area contributed by atoms with Gasteiger partial charge in [0.25, 0.3) is 0 Å². The van der Waals surface area contributed by atoms with Crippen LogP contribution in [-0.4, -0.2) is 5.78 Å². The van der Waals surface area contributed by atoms with Crippen LogP contribution in [0.2, 0.25) is 0 Å². The maximum atomic E-state index is 11.1. The molecule has 0 aromatic heterocycles. The Kier molecular flexibility index (Phi) is 4.31. The molecule has 0 saturated heterocycles. The molecule has 0 bridgehead atoms. The van der Waals surface area contributed by atoms with Crippen LogP contribution in [0.5, 0.6) is 0 Å². The van der Waals surface area contributed by atoms with Crippen LogP contribution in [0.3, 0.4) is 0 Å². The molecule has 0 N–H and O–H groups in total. The van der Waals surface area contributed by atoms with Crippen molar-refractivity contribution in [3.63, 3.8) is 0 Å². The third-order valence-electron chi connectivity index (χ3n) is 3.46. The lowest BCUT2D eigenvalue weighted by atomic mass is 9.82. The Morgan fingerprint density at radius 2 is 2.27 bits per heavy atom. The summed E-state index contributed by atoms with van der Waals surface area (Å²) in [7, 11) is 0. The van der Waals surface area contributed by atoms with Gasteiger partial charge in [-0.15, -0.1) is 0 Å². The highest BCUT2D eigenvalue weighted by Gasteiger charge is 2.17. The van der Waals surface area contributed by atoms with Gasteiger partial charge in [-0.2, -0.15) is 0 Å². The van der Waals surface area contributed by atoms with Gasteiger partial charge in [0, 0.05) is 5.92 Å². The molecule has 1 nitrogen and oxygen atoms in total. The molecule has 0 aromatic carbocycles. The Hall–Kier alpha value is -0.850. The molecule has 1 heteroatoms. The van der Waals surface area contributed by atoms with Gasteiger partial charge in [-0.1, -0.05) is 30.7 Å². The van der Waals surface area contributed by atoms with E-state index in [1.165, 1.54) is 17.6 Å². The normalized spacial score (nSPS) is 23.1. The fraction of sp³-hybridized carbons (Fsp3) is 0.643. The summed E-state index contributed by atoms with van der Waals surface area (Å²) < 4.78 is 0. The minimum absolute atomic E-state index is 0.192. The first-order valence-corrected chi connectivity index (χ1v) is 5.84. The largest absolute Gasteiger partial charge is 0.300 e. The van der Waals surface area contributed by atoms with Gasteiger partial charge in [-0.05, 0) is 45.4 Å². The molecule has 0 heterocycles. The fourth-order valence-corrected chi connectivity index (χ4v) is 2.06. The van der Waals surface area contributed by atoms with E-state index in [4.69, 9.17) is 0 Å². The van der Waals surface area contributed by atoms with E-state index < -0.39 is 0 Å². The lowest BCUT2D eigenvalue weighted by molar-refractivity contribution is -0.120. The van der Waals surface area contributed by atoms with E-state index in [-0.39, 0.29) is 5.92 Å². The molecule has 2 atom stereocenters. The van der Waals surface area contributed by atoms with Gasteiger partial charge in [0.15, 0.2) is 0 Å². The van der Waals surface area contributed by atoms with Crippen LogP contribution in [0.1, 0.15) is 46.5 Å². The summed E-state index contributed by atoms with van der Waals surface area (Å²) in [5, 5.41) is 0. The summed E-state index contributed by atoms with van der Waals surface area (Å²) in [6.07, 6.45) is 6.76. The number of carbonyl (C=O) groups excluding carboxylic acids is 1. The summed E-state index contributed by atoms with van der Waals surface area (Å²) in [4.78, 5) is 11.1. The van der Waals surface area contributed by atoms with Crippen LogP contribution < -0.4 is 0 Å². The molecule has 1 rings (SSSR count). The first kappa shape index (κ1) is 12.2. The van der Waals surface area contributed by atoms with Crippen molar-refractivity contribution < 1.29 is 4.79 Å². The van der Waals surface area contributed by atoms with Crippen molar-refractivity contribution in [2.45, 2.75) is 46.5 Å². The maximum absolute atomic E-state index is 11.1. The second-order valence-corrected chi connectivity index (χ2v) is 4.90. The molecule has 1 aliphatic carbocycles. The van der Waals surface area contributed by atoms with Crippen LogP contribution >= 0.6 is 0 Å². The highest BCUT2D eigenvalue weighted by molar-refractivity contribution is 5.78. The summed E-state index contributed by atoms with van der Waals surface area (Å²) in [6.45, 7) is 9.83. The highest BCUT2D eigenvalue weighted by Crippen LogP contribution is 2.30. The van der Waals surface area contributed by atoms with Crippen molar-refractivity contribution in [2.75, 3.05) is 0 Å². The predicted molar refractivity (Wildman–Crippen MR) is 64.7 cm³/mol. The Balaban J connectivity index is 2.47. The van der Waals surface area contributed by atoms with Gasteiger partial charge >= 0.3 is 0 Å². The van der Waals surface area contributed by atoms with E-state index >= 15 is 0 Å². The first-order chi connectivity index (χ1) is 7.00. The number of hydrogen-bond donors (Lipinski definition) is 0. The molecule has 1 aliphatic rings. The molecule has 84 valence electrons. The van der Waals surface area contributed by atoms with Crippen molar-refractivity contribution in [2.24, 2.45) is 11.8 Å². The standard InChI is InChI=1S/C14H22O/c1-10(2)14-7-5-13(6-8-14)9-11(3)12(4)15/h5,11,14H,1,6-9H2,2-4H3/t11?,14-/m0/s1. The SMILES string of the molecule is C=C(C)[C@H]1CC=C(CC(C)C(C)=O)CC1. The van der Waals surface area contributed by atoms with E-state index in [0.717, 1.165) is 19.3 Å². The topological polar surface area (TPSA) is 17.1 Å². The molecule has 0 amide bonds. The smallest absolute Gasteiger partial charge is 0.132 e. The van der Waals surface area contributed by atoms with Gasteiger partial charge in [0.2, 0.25) is 0 Å². The van der Waals surface area contributed by atoms with Crippen LogP contribution in [0, 0.1) is 11.8 Å². The molecule has 0 radical (unpaired) electrons. The predicted octanol–water partition coefficient (Wildman–Crippen LogP) is 3.90. The second-order valence-electron chi connectivity index (χ2n) is 4.90. The van der Waals surface area contributed by atoms with E-state index in [1.54, 1.807) is 6.92 Å². The Morgan fingerprint density at radius 1 is 1.60 bits per heavy atom. The molecule has 15 heavy (non-hydrogen) atoms. The molecular weight excluding hydrogens is 184 g/mol. The summed E-state index contributed by atoms with van der Waals surface area (Å²) >= 11 is 0. The molecule has 0 saturated carbocycles. The first-order valence-electron chi connectivity index (χ1n) is 5.84. The van der Waals surface area contributed by atoms with Crippen molar-refractivity contribution >= 4 is 5.78 Å². The van der Waals surface area contributed by atoms with Crippen molar-refractivity contribution in [1.82, 2.24) is 0 Å². The summed E-state index contributed by atoms with van der Waals surface area (Å²) in [5.74, 6) is 1.16. The lowest BCUT2D eigenvalue weighted by Gasteiger charge is -2.23. The number of ketones is 1. The zero-order valence-electron chi connectivity index (χ0n) is 10.2. The number of allylic oxidation sites excluding steroid dienone is 3. The Labute approximate surface area is 93.3 Å². The van der Waals surface area contributed by atoms with E-state index in [9.17, 15) is 4.79 Å². The zero-order valence-corrected chi connectivity index (χ0v) is 10.2. The molecule has 1 unspecified atom stereocenters. The highest BCUT2D eigenvalue weighted by atomic mass is 16.1. The van der Waals surface area contributed by atoms with E-state index in [2.05, 4.69) is 19.6 Å². The third-order valence-corrected chi connectivity index (χ3v) is 3.46. The quantitative estimate of drug-likeness (QED) is 0.637. The van der Waals surface area contributed by atoms with Gasteiger partial charge in [-0.3, -0.25) is 4.79 Å². The van der Waals surface area contributed by atoms with Crippen LogP contribution in [0.15, 0.2) is 23.8 Å². The number of hydrogen-bond acceptors (Lipinski definition) is 1. The van der Waals surface area contributed by atoms with Gasteiger partial charge < -0.3 is 0 Å². The summed E-state index contributed by atoms with van der Waals surface area (Å²) in [5.41, 5.74) is 2.76. The summed E-state index contributed by atoms with van der Waals surface area (Å²) in [6, 6.07) is 0. The second kappa shape index (κ2) is 5.29. The number of rotatable bonds is 4. The minimum atomic E-state index is 0.192. The molecule has 0 fully saturated rings. The Bertz CT molecular complexity index is 286. The average molecular weight is 206 g/mol. The number of Topliss-reactive ketones (excluding diaryl/α,β-unsaturated/α-hetero) is 1. The lowest BCUT2D eigenvalue weighted by Crippen LogP contribution is -2.11. The average Bonchev–Trinajstić information content (AvgIpc) is 2.18. The molecular formula is C14H22O. The van der Waals surface area contributed by atoms with Crippen LogP contribution in [-0.2, 0) is 4.79 Å². The van der Waals surface area contributed by atoms with Gasteiger partial charge in [0.1, 0.15) is 5.78 Å². The van der Waals surface area contributed by atoms with Crippen LogP contribution in [0.4, 0.5) is 0 Å². The van der Waals surface area contributed by atoms with E-state index in [1.807, 2.05) is 6.92 Å². The molecule has 0 aromatic rings. The fourth-order valence-electron chi connectivity index (χ4n) is 2.06. The van der Waals surface area contributed by atoms with Gasteiger partial charge in [0.05, 0.1) is 0 Å².